The van der Waals surface area contributed by atoms with E-state index in [1.165, 1.54) is 23.5 Å². The highest BCUT2D eigenvalue weighted by Gasteiger charge is 2.11. The van der Waals surface area contributed by atoms with E-state index in [0.717, 1.165) is 16.4 Å². The lowest BCUT2D eigenvalue weighted by atomic mass is 10.3. The maximum atomic E-state index is 12.7. The number of hydrogen-bond donors (Lipinski definition) is 2. The second kappa shape index (κ2) is 4.86. The van der Waals surface area contributed by atoms with Crippen molar-refractivity contribution in [3.05, 3.63) is 48.0 Å². The summed E-state index contributed by atoms with van der Waals surface area (Å²) in [6.45, 7) is 0. The number of hydrogen-bond acceptors (Lipinski definition) is 5. The van der Waals surface area contributed by atoms with Gasteiger partial charge in [-0.2, -0.15) is 0 Å². The van der Waals surface area contributed by atoms with E-state index in [1.54, 1.807) is 18.2 Å². The minimum Gasteiger partial charge on any atom is -0.399 e. The summed E-state index contributed by atoms with van der Waals surface area (Å²) in [5, 5.41) is 3.08. The van der Waals surface area contributed by atoms with Crippen molar-refractivity contribution >= 4 is 38.3 Å². The third-order valence-electron chi connectivity index (χ3n) is 2.59. The molecule has 0 spiro atoms. The smallest absolute Gasteiger partial charge is 0.276 e. The van der Waals surface area contributed by atoms with Crippen molar-refractivity contribution in [1.82, 2.24) is 9.97 Å². The molecular formula is C13H9FN4OS. The van der Waals surface area contributed by atoms with Crippen LogP contribution in [-0.4, -0.2) is 15.9 Å². The van der Waals surface area contributed by atoms with Crippen molar-refractivity contribution in [1.29, 1.82) is 0 Å². The third-order valence-corrected chi connectivity index (χ3v) is 3.53. The molecule has 0 aliphatic rings. The predicted molar refractivity (Wildman–Crippen MR) is 76.2 cm³/mol. The Morgan fingerprint density at radius 2 is 2.15 bits per heavy atom. The van der Waals surface area contributed by atoms with Crippen LogP contribution in [0.2, 0.25) is 0 Å². The van der Waals surface area contributed by atoms with E-state index in [-0.39, 0.29) is 5.69 Å². The van der Waals surface area contributed by atoms with Gasteiger partial charge in [0.1, 0.15) is 11.5 Å². The number of halogens is 1. The molecule has 0 bridgehead atoms. The van der Waals surface area contributed by atoms with Crippen LogP contribution >= 0.6 is 11.3 Å². The van der Waals surface area contributed by atoms with Crippen molar-refractivity contribution in [2.75, 3.05) is 11.1 Å². The molecular weight excluding hydrogens is 279 g/mol. The number of thiazole rings is 1. The molecule has 3 aromatic rings. The summed E-state index contributed by atoms with van der Waals surface area (Å²) in [6, 6.07) is 7.82. The number of benzene rings is 1. The average molecular weight is 288 g/mol. The molecule has 1 aromatic carbocycles. The van der Waals surface area contributed by atoms with Crippen molar-refractivity contribution in [2.24, 2.45) is 0 Å². The number of carbonyl (C=O) groups is 1. The molecule has 7 heteroatoms. The number of anilines is 2. The van der Waals surface area contributed by atoms with Crippen LogP contribution < -0.4 is 11.1 Å². The van der Waals surface area contributed by atoms with Crippen LogP contribution in [0.5, 0.6) is 0 Å². The second-order valence-electron chi connectivity index (χ2n) is 4.06. The number of fused-ring (bicyclic) bond motifs is 1. The Bertz CT molecular complexity index is 785. The Kier molecular flexibility index (Phi) is 3.03. The van der Waals surface area contributed by atoms with Gasteiger partial charge < -0.3 is 5.73 Å². The van der Waals surface area contributed by atoms with E-state index in [2.05, 4.69) is 15.3 Å². The molecule has 0 aliphatic heterocycles. The molecule has 100 valence electrons. The van der Waals surface area contributed by atoms with Gasteiger partial charge in [-0.1, -0.05) is 11.3 Å². The molecule has 0 saturated carbocycles. The lowest BCUT2D eigenvalue weighted by molar-refractivity contribution is 0.102. The zero-order chi connectivity index (χ0) is 14.1. The molecule has 3 rings (SSSR count). The number of nitrogens with one attached hydrogen (secondary N) is 1. The van der Waals surface area contributed by atoms with Crippen molar-refractivity contribution < 1.29 is 9.18 Å². The number of rotatable bonds is 2. The maximum Gasteiger partial charge on any atom is 0.276 e. The number of nitrogens with two attached hydrogens (primary N) is 1. The minimum absolute atomic E-state index is 0.130. The van der Waals surface area contributed by atoms with Gasteiger partial charge in [-0.05, 0) is 30.3 Å². The SMILES string of the molecule is Nc1ccc2nc(NC(=O)c3ccc(F)cn3)sc2c1. The number of nitrogens with zero attached hydrogens (tertiary/aromatic N) is 2. The van der Waals surface area contributed by atoms with Crippen LogP contribution in [0.25, 0.3) is 10.2 Å². The first kappa shape index (κ1) is 12.5. The molecule has 0 radical (unpaired) electrons. The van der Waals surface area contributed by atoms with Gasteiger partial charge >= 0.3 is 0 Å². The number of nitrogen functional groups attached to an aromatic ring is 1. The monoisotopic (exact) mass is 288 g/mol. The van der Waals surface area contributed by atoms with Crippen LogP contribution in [-0.2, 0) is 0 Å². The quantitative estimate of drug-likeness (QED) is 0.710. The maximum absolute atomic E-state index is 12.7. The molecule has 1 amide bonds. The molecule has 0 unspecified atom stereocenters. The summed E-state index contributed by atoms with van der Waals surface area (Å²) >= 11 is 1.31. The van der Waals surface area contributed by atoms with E-state index in [0.29, 0.717) is 10.8 Å². The molecule has 0 atom stereocenters. The molecule has 0 saturated heterocycles. The third kappa shape index (κ3) is 2.43. The predicted octanol–water partition coefficient (Wildman–Crippen LogP) is 2.66. The topological polar surface area (TPSA) is 80.9 Å². The van der Waals surface area contributed by atoms with Gasteiger partial charge in [0.15, 0.2) is 5.13 Å². The number of pyridine rings is 1. The molecule has 2 heterocycles. The first-order valence-corrected chi connectivity index (χ1v) is 6.52. The van der Waals surface area contributed by atoms with Crippen LogP contribution in [0, 0.1) is 5.82 Å². The van der Waals surface area contributed by atoms with Gasteiger partial charge in [-0.15, -0.1) is 0 Å². The van der Waals surface area contributed by atoms with E-state index >= 15 is 0 Å². The summed E-state index contributed by atoms with van der Waals surface area (Å²) in [4.78, 5) is 19.9. The second-order valence-corrected chi connectivity index (χ2v) is 5.09. The number of aromatic nitrogens is 2. The highest BCUT2D eigenvalue weighted by atomic mass is 32.1. The normalized spacial score (nSPS) is 10.7. The summed E-state index contributed by atoms with van der Waals surface area (Å²) in [5.41, 5.74) is 7.21. The lowest BCUT2D eigenvalue weighted by Gasteiger charge is -1.99. The minimum atomic E-state index is -0.489. The molecule has 20 heavy (non-hydrogen) atoms. The van der Waals surface area contributed by atoms with Gasteiger partial charge in [0.2, 0.25) is 0 Å². The fraction of sp³-hybridized carbons (Fsp3) is 0. The summed E-state index contributed by atoms with van der Waals surface area (Å²) in [6.07, 6.45) is 0.994. The fourth-order valence-corrected chi connectivity index (χ4v) is 2.58. The van der Waals surface area contributed by atoms with E-state index in [4.69, 9.17) is 5.73 Å². The van der Waals surface area contributed by atoms with E-state index < -0.39 is 11.7 Å². The number of amides is 1. The van der Waals surface area contributed by atoms with E-state index in [1.807, 2.05) is 0 Å². The van der Waals surface area contributed by atoms with E-state index in [9.17, 15) is 9.18 Å². The van der Waals surface area contributed by atoms with Gasteiger partial charge in [0, 0.05) is 5.69 Å². The van der Waals surface area contributed by atoms with Gasteiger partial charge in [0.25, 0.3) is 5.91 Å². The molecule has 2 aromatic heterocycles. The van der Waals surface area contributed by atoms with Crippen molar-refractivity contribution in [3.8, 4) is 0 Å². The standard InChI is InChI=1S/C13H9FN4OS/c14-7-1-3-10(16-6-7)12(19)18-13-17-9-4-2-8(15)5-11(9)20-13/h1-6H,15H2,(H,17,18,19). The fourth-order valence-electron chi connectivity index (χ4n) is 1.67. The number of carbonyl (C=O) groups excluding carboxylic acids is 1. The van der Waals surface area contributed by atoms with Crippen LogP contribution in [0.1, 0.15) is 10.5 Å². The Hall–Kier alpha value is -2.54. The molecule has 3 N–H and O–H groups in total. The Labute approximate surface area is 117 Å². The largest absolute Gasteiger partial charge is 0.399 e. The van der Waals surface area contributed by atoms with Crippen LogP contribution in [0.4, 0.5) is 15.2 Å². The Morgan fingerprint density at radius 1 is 1.30 bits per heavy atom. The zero-order valence-electron chi connectivity index (χ0n) is 10.1. The summed E-state index contributed by atoms with van der Waals surface area (Å²) in [5.74, 6) is -0.922. The molecule has 0 aliphatic carbocycles. The zero-order valence-corrected chi connectivity index (χ0v) is 10.9. The Morgan fingerprint density at radius 3 is 2.90 bits per heavy atom. The summed E-state index contributed by atoms with van der Waals surface area (Å²) in [7, 11) is 0. The molecule has 0 fully saturated rings. The first-order chi connectivity index (χ1) is 9.61. The Balaban J connectivity index is 1.85. The van der Waals surface area contributed by atoms with Crippen LogP contribution in [0.15, 0.2) is 36.5 Å². The van der Waals surface area contributed by atoms with Crippen molar-refractivity contribution in [3.63, 3.8) is 0 Å². The van der Waals surface area contributed by atoms with Gasteiger partial charge in [0.05, 0.1) is 16.4 Å². The highest BCUT2D eigenvalue weighted by Crippen LogP contribution is 2.27. The van der Waals surface area contributed by atoms with Crippen LogP contribution in [0.3, 0.4) is 0 Å². The van der Waals surface area contributed by atoms with Crippen molar-refractivity contribution in [2.45, 2.75) is 0 Å². The average Bonchev–Trinajstić information content (AvgIpc) is 2.80. The summed E-state index contributed by atoms with van der Waals surface area (Å²) < 4.78 is 13.6. The first-order valence-electron chi connectivity index (χ1n) is 5.71. The van der Waals surface area contributed by atoms with Gasteiger partial charge in [-0.25, -0.2) is 14.4 Å². The molecule has 5 nitrogen and oxygen atoms in total. The highest BCUT2D eigenvalue weighted by molar-refractivity contribution is 7.22. The van der Waals surface area contributed by atoms with Gasteiger partial charge in [-0.3, -0.25) is 10.1 Å². The lowest BCUT2D eigenvalue weighted by Crippen LogP contribution is -2.13.